The average molecular weight is 883 g/mol. The van der Waals surface area contributed by atoms with Crippen LogP contribution in [0.1, 0.15) is 124 Å². The summed E-state index contributed by atoms with van der Waals surface area (Å²) in [5.74, 6) is -0.609. The zero-order valence-electron chi connectivity index (χ0n) is 35.1. The molecule has 0 radical (unpaired) electrons. The van der Waals surface area contributed by atoms with E-state index in [0.717, 1.165) is 38.0 Å². The van der Waals surface area contributed by atoms with E-state index in [0.29, 0.717) is 12.8 Å². The Morgan fingerprint density at radius 3 is 1.81 bits per heavy atom. The molecule has 0 saturated carbocycles. The Morgan fingerprint density at radius 2 is 1.19 bits per heavy atom. The van der Waals surface area contributed by atoms with Crippen molar-refractivity contribution in [2.75, 3.05) is 26.4 Å². The van der Waals surface area contributed by atoms with Crippen LogP contribution in [0, 0.1) is 5.92 Å². The first-order chi connectivity index (χ1) is 28.0. The number of esters is 2. The summed E-state index contributed by atoms with van der Waals surface area (Å²) in [5.41, 5.74) is 0. The standard InChI is InChI=1S/C41H72O16P2/c1-4-6-17-24-35(42)25-19-14-11-12-15-20-26-38(44)39(45)27-22-29-40(46)53-32-37(33-56-59(51,52)55-31-36(43)30-54-58(48,49)50)57-41(47)28-21-16-10-8-7-9-13-18-23-34(3)5-2/h6,11-12,14-15,17,19-20,25-26,34-39,42-45H,4-5,7-10,13,16,18,21-24,27-33H2,1-3H3,(H,51,52)(H2,48,49,50)/b14-11+,15-12-,17-6-,25-19+,26-20-/t34?,35-,36+,37-,38+,39+/m1/s1. The van der Waals surface area contributed by atoms with Crippen LogP contribution in [0.4, 0.5) is 0 Å². The van der Waals surface area contributed by atoms with E-state index >= 15 is 0 Å². The number of phosphoric ester groups is 2. The number of carbonyl (C=O) groups is 2. The van der Waals surface area contributed by atoms with Crippen molar-refractivity contribution in [3.8, 4) is 0 Å². The smallest absolute Gasteiger partial charge is 0.462 e. The van der Waals surface area contributed by atoms with E-state index in [2.05, 4.69) is 22.9 Å². The number of rotatable bonds is 37. The van der Waals surface area contributed by atoms with Crippen LogP contribution in [0.5, 0.6) is 0 Å². The Kier molecular flexibility index (Phi) is 33.9. The van der Waals surface area contributed by atoms with Gasteiger partial charge in [0.1, 0.15) is 12.7 Å². The number of hydrogen-bond acceptors (Lipinski definition) is 13. The van der Waals surface area contributed by atoms with Crippen molar-refractivity contribution in [2.45, 2.75) is 154 Å². The molecule has 0 aliphatic heterocycles. The number of allylic oxidation sites excluding steroid dienone is 7. The minimum atomic E-state index is -4.90. The van der Waals surface area contributed by atoms with Crippen LogP contribution in [0.3, 0.4) is 0 Å². The Balaban J connectivity index is 4.88. The number of unbranched alkanes of at least 4 members (excludes halogenated alkanes) is 7. The highest BCUT2D eigenvalue weighted by Crippen LogP contribution is 2.43. The van der Waals surface area contributed by atoms with Crippen LogP contribution < -0.4 is 0 Å². The predicted molar refractivity (Wildman–Crippen MR) is 225 cm³/mol. The summed E-state index contributed by atoms with van der Waals surface area (Å²) in [7, 11) is -9.79. The van der Waals surface area contributed by atoms with Gasteiger partial charge in [-0.2, -0.15) is 0 Å². The van der Waals surface area contributed by atoms with Crippen molar-refractivity contribution in [1.82, 2.24) is 0 Å². The van der Waals surface area contributed by atoms with Crippen LogP contribution >= 0.6 is 15.6 Å². The van der Waals surface area contributed by atoms with Gasteiger partial charge in [-0.1, -0.05) is 139 Å². The third kappa shape index (κ3) is 37.2. The van der Waals surface area contributed by atoms with Crippen molar-refractivity contribution in [3.63, 3.8) is 0 Å². The Labute approximate surface area is 350 Å². The molecule has 0 fully saturated rings. The molecule has 0 rings (SSSR count). The summed E-state index contributed by atoms with van der Waals surface area (Å²) in [5, 5.41) is 40.1. The molecule has 0 aromatic carbocycles. The molecule has 0 aliphatic carbocycles. The molecule has 342 valence electrons. The lowest BCUT2D eigenvalue weighted by atomic mass is 9.99. The second kappa shape index (κ2) is 35.3. The fraction of sp³-hybridized carbons (Fsp3) is 0.707. The van der Waals surface area contributed by atoms with Gasteiger partial charge >= 0.3 is 27.6 Å². The number of aliphatic hydroxyl groups excluding tert-OH is 4. The number of ether oxygens (including phenoxy) is 2. The van der Waals surface area contributed by atoms with Gasteiger partial charge in [0.05, 0.1) is 38.1 Å². The largest absolute Gasteiger partial charge is 0.472 e. The third-order valence-corrected chi connectivity index (χ3v) is 10.2. The van der Waals surface area contributed by atoms with E-state index in [-0.39, 0.29) is 25.7 Å². The lowest BCUT2D eigenvalue weighted by molar-refractivity contribution is -0.161. The van der Waals surface area contributed by atoms with Crippen molar-refractivity contribution in [2.24, 2.45) is 5.92 Å². The van der Waals surface area contributed by atoms with Gasteiger partial charge in [-0.05, 0) is 38.0 Å². The SMILES string of the molecule is CC/C=C\C[C@@H](O)/C=C/C=C/C=C\C=C/[C@H](O)[C@@H](O)CCCC(=O)OC[C@H](COP(=O)(O)OC[C@@H](O)COP(=O)(O)O)OC(=O)CCCCCCCCCCC(C)CC. The zero-order valence-corrected chi connectivity index (χ0v) is 36.9. The topological polar surface area (TPSA) is 256 Å². The fourth-order valence-electron chi connectivity index (χ4n) is 5.13. The molecule has 0 bridgehead atoms. The van der Waals surface area contributed by atoms with Crippen molar-refractivity contribution >= 4 is 27.6 Å². The highest BCUT2D eigenvalue weighted by atomic mass is 31.2. The quantitative estimate of drug-likeness (QED) is 0.0111. The molecule has 7 atom stereocenters. The predicted octanol–water partition coefficient (Wildman–Crippen LogP) is 6.83. The normalized spacial score (nSPS) is 16.8. The summed E-state index contributed by atoms with van der Waals surface area (Å²) in [6, 6.07) is 0. The van der Waals surface area contributed by atoms with E-state index in [1.54, 1.807) is 42.5 Å². The molecule has 0 aliphatic rings. The first kappa shape index (κ1) is 56.7. The summed E-state index contributed by atoms with van der Waals surface area (Å²) >= 11 is 0. The zero-order chi connectivity index (χ0) is 44.4. The van der Waals surface area contributed by atoms with Crippen LogP contribution in [-0.4, -0.2) is 104 Å². The lowest BCUT2D eigenvalue weighted by Gasteiger charge is -2.20. The van der Waals surface area contributed by atoms with E-state index < -0.39 is 84.5 Å². The highest BCUT2D eigenvalue weighted by Gasteiger charge is 2.28. The van der Waals surface area contributed by atoms with Gasteiger partial charge in [-0.3, -0.25) is 23.2 Å². The van der Waals surface area contributed by atoms with Gasteiger partial charge in [0.2, 0.25) is 0 Å². The number of hydrogen-bond donors (Lipinski definition) is 7. The first-order valence-corrected chi connectivity index (χ1v) is 23.7. The number of carbonyl (C=O) groups excluding carboxylic acids is 2. The molecule has 16 nitrogen and oxygen atoms in total. The monoisotopic (exact) mass is 882 g/mol. The molecular formula is C41H72O16P2. The van der Waals surface area contributed by atoms with E-state index in [9.17, 15) is 44.0 Å². The van der Waals surface area contributed by atoms with E-state index in [1.807, 2.05) is 19.1 Å². The minimum absolute atomic E-state index is 0.0549. The molecular weight excluding hydrogens is 810 g/mol. The molecule has 0 aromatic rings. The summed E-state index contributed by atoms with van der Waals surface area (Å²) < 4.78 is 47.4. The molecule has 7 N–H and O–H groups in total. The number of aliphatic hydroxyl groups is 4. The van der Waals surface area contributed by atoms with Crippen LogP contribution in [-0.2, 0) is 41.8 Å². The summed E-state index contributed by atoms with van der Waals surface area (Å²) in [4.78, 5) is 52.6. The maximum atomic E-state index is 12.6. The van der Waals surface area contributed by atoms with Gasteiger partial charge in [0, 0.05) is 12.8 Å². The molecule has 0 saturated heterocycles. The highest BCUT2D eigenvalue weighted by molar-refractivity contribution is 7.47. The second-order valence-electron chi connectivity index (χ2n) is 14.3. The molecule has 0 heterocycles. The van der Waals surface area contributed by atoms with Crippen LogP contribution in [0.25, 0.3) is 0 Å². The molecule has 0 amide bonds. The van der Waals surface area contributed by atoms with Gasteiger partial charge in [0.15, 0.2) is 6.10 Å². The first-order valence-electron chi connectivity index (χ1n) is 20.7. The molecule has 2 unspecified atom stereocenters. The average Bonchev–Trinajstić information content (AvgIpc) is 3.18. The second-order valence-corrected chi connectivity index (χ2v) is 17.0. The fourth-order valence-corrected chi connectivity index (χ4v) is 6.29. The summed E-state index contributed by atoms with van der Waals surface area (Å²) in [6.07, 6.45) is 23.3. The molecule has 59 heavy (non-hydrogen) atoms. The van der Waals surface area contributed by atoms with Crippen LogP contribution in [0.2, 0.25) is 0 Å². The summed E-state index contributed by atoms with van der Waals surface area (Å²) in [6.45, 7) is 3.43. The van der Waals surface area contributed by atoms with Crippen LogP contribution in [0.15, 0.2) is 60.8 Å². The van der Waals surface area contributed by atoms with Gasteiger partial charge < -0.3 is 44.6 Å². The van der Waals surface area contributed by atoms with Gasteiger partial charge in [0.25, 0.3) is 0 Å². The van der Waals surface area contributed by atoms with E-state index in [1.165, 1.54) is 38.2 Å². The number of phosphoric acid groups is 2. The Morgan fingerprint density at radius 1 is 0.627 bits per heavy atom. The Bertz CT molecular complexity index is 1340. The van der Waals surface area contributed by atoms with Crippen molar-refractivity contribution < 1.29 is 76.9 Å². The van der Waals surface area contributed by atoms with E-state index in [4.69, 9.17) is 23.8 Å². The maximum absolute atomic E-state index is 12.6. The Hall–Kier alpha value is -2.30. The van der Waals surface area contributed by atoms with Gasteiger partial charge in [-0.15, -0.1) is 0 Å². The maximum Gasteiger partial charge on any atom is 0.472 e. The van der Waals surface area contributed by atoms with Crippen molar-refractivity contribution in [3.05, 3.63) is 60.8 Å². The lowest BCUT2D eigenvalue weighted by Crippen LogP contribution is -2.30. The molecule has 0 aromatic heterocycles. The van der Waals surface area contributed by atoms with Crippen molar-refractivity contribution in [1.29, 1.82) is 0 Å². The molecule has 0 spiro atoms. The minimum Gasteiger partial charge on any atom is -0.462 e. The third-order valence-electron chi connectivity index (χ3n) is 8.79. The van der Waals surface area contributed by atoms with Gasteiger partial charge in [-0.25, -0.2) is 9.13 Å². The molecule has 18 heteroatoms.